The van der Waals surface area contributed by atoms with Crippen LogP contribution in [0.3, 0.4) is 0 Å². The van der Waals surface area contributed by atoms with E-state index in [4.69, 9.17) is 11.2 Å². The second kappa shape index (κ2) is 7.43. The Morgan fingerprint density at radius 3 is 2.87 bits per heavy atom. The summed E-state index contributed by atoms with van der Waals surface area (Å²) in [7, 11) is 0. The van der Waals surface area contributed by atoms with Gasteiger partial charge in [0.05, 0.1) is 6.10 Å². The van der Waals surface area contributed by atoms with Crippen LogP contribution in [0.5, 0.6) is 5.75 Å². The summed E-state index contributed by atoms with van der Waals surface area (Å²) in [4.78, 5) is 12.1. The van der Waals surface area contributed by atoms with Crippen molar-refractivity contribution in [3.63, 3.8) is 0 Å². The Morgan fingerprint density at radius 1 is 1.20 bits per heavy atom. The smallest absolute Gasteiger partial charge is 0.156 e. The van der Waals surface area contributed by atoms with E-state index in [-0.39, 0.29) is 29.8 Å². The molecule has 0 radical (unpaired) electrons. The van der Waals surface area contributed by atoms with Crippen LogP contribution in [0.4, 0.5) is 0 Å². The summed E-state index contributed by atoms with van der Waals surface area (Å²) < 4.78 is 5.95. The van der Waals surface area contributed by atoms with Gasteiger partial charge in [0.1, 0.15) is 12.4 Å². The van der Waals surface area contributed by atoms with Gasteiger partial charge in [-0.25, -0.2) is 0 Å². The van der Waals surface area contributed by atoms with Gasteiger partial charge in [-0.3, -0.25) is 4.79 Å². The van der Waals surface area contributed by atoms with Gasteiger partial charge in [-0.05, 0) is 79.1 Å². The number of benzene rings is 1. The molecular formula is C27H30O3. The molecule has 1 aromatic rings. The third-order valence-corrected chi connectivity index (χ3v) is 8.29. The van der Waals surface area contributed by atoms with Crippen molar-refractivity contribution in [2.75, 3.05) is 6.61 Å². The predicted molar refractivity (Wildman–Crippen MR) is 117 cm³/mol. The Kier molecular flexibility index (Phi) is 4.86. The summed E-state index contributed by atoms with van der Waals surface area (Å²) in [5.74, 6) is 4.89. The molecule has 2 fully saturated rings. The molecule has 0 heterocycles. The molecule has 0 aliphatic heterocycles. The highest BCUT2D eigenvalue weighted by Gasteiger charge is 2.56. The van der Waals surface area contributed by atoms with Crippen LogP contribution in [0.15, 0.2) is 47.1 Å². The Balaban J connectivity index is 1.68. The van der Waals surface area contributed by atoms with Gasteiger partial charge in [-0.15, -0.1) is 6.42 Å². The highest BCUT2D eigenvalue weighted by atomic mass is 16.5. The number of rotatable bonds is 3. The van der Waals surface area contributed by atoms with Gasteiger partial charge in [0.2, 0.25) is 0 Å². The van der Waals surface area contributed by atoms with Crippen LogP contribution < -0.4 is 4.74 Å². The Morgan fingerprint density at radius 2 is 2.03 bits per heavy atom. The molecule has 156 valence electrons. The summed E-state index contributed by atoms with van der Waals surface area (Å²) in [6.07, 6.45) is 13.6. The standard InChI is InChI=1S/C27H30O3/c1-3-14-30-24-7-5-4-6-20(24)22-16-27(2)23(12-13-25(27)29)21-10-8-17-15-18(28)9-11-19(17)26(21)22/h1,4-7,15,21-23,25,29H,8-14,16H2,2H3/t21-,22+,23-,25-,27-/m0/s1. The third-order valence-electron chi connectivity index (χ3n) is 8.29. The second-order valence-corrected chi connectivity index (χ2v) is 9.71. The lowest BCUT2D eigenvalue weighted by Crippen LogP contribution is -2.45. The van der Waals surface area contributed by atoms with Gasteiger partial charge >= 0.3 is 0 Å². The summed E-state index contributed by atoms with van der Waals surface area (Å²) in [6, 6.07) is 8.24. The zero-order valence-corrected chi connectivity index (χ0v) is 17.7. The average molecular weight is 403 g/mol. The van der Waals surface area contributed by atoms with Crippen LogP contribution in [0.1, 0.15) is 63.4 Å². The number of hydrogen-bond acceptors (Lipinski definition) is 3. The topological polar surface area (TPSA) is 46.5 Å². The minimum absolute atomic E-state index is 0.0790. The first-order chi connectivity index (χ1) is 14.5. The van der Waals surface area contributed by atoms with E-state index in [9.17, 15) is 9.90 Å². The number of ketones is 1. The fourth-order valence-corrected chi connectivity index (χ4v) is 6.93. The fraction of sp³-hybridized carbons (Fsp3) is 0.519. The highest BCUT2D eigenvalue weighted by molar-refractivity contribution is 5.93. The van der Waals surface area contributed by atoms with Crippen molar-refractivity contribution in [3.05, 3.63) is 52.6 Å². The van der Waals surface area contributed by atoms with E-state index >= 15 is 0 Å². The molecule has 0 unspecified atom stereocenters. The number of aliphatic hydroxyl groups excluding tert-OH is 1. The number of carbonyl (C=O) groups excluding carboxylic acids is 1. The molecule has 4 aliphatic rings. The van der Waals surface area contributed by atoms with Crippen LogP contribution >= 0.6 is 0 Å². The lowest BCUT2D eigenvalue weighted by atomic mass is 9.53. The molecular weight excluding hydrogens is 372 g/mol. The SMILES string of the molecule is C#CCOc1ccccc1[C@H]1C[C@]2(C)[C@@H](O)CC[C@H]2[C@@H]2CCC3=CC(=O)CCC3=C21. The Hall–Kier alpha value is -2.31. The number of para-hydroxylation sites is 1. The van der Waals surface area contributed by atoms with Crippen LogP contribution in [0, 0.1) is 29.6 Å². The largest absolute Gasteiger partial charge is 0.481 e. The normalized spacial score (nSPS) is 35.1. The quantitative estimate of drug-likeness (QED) is 0.727. The summed E-state index contributed by atoms with van der Waals surface area (Å²) >= 11 is 0. The molecule has 1 N–H and O–H groups in total. The highest BCUT2D eigenvalue weighted by Crippen LogP contribution is 2.64. The lowest BCUT2D eigenvalue weighted by molar-refractivity contribution is -0.114. The maximum absolute atomic E-state index is 12.1. The molecule has 2 saturated carbocycles. The molecule has 3 heteroatoms. The van der Waals surface area contributed by atoms with E-state index in [0.717, 1.165) is 44.3 Å². The van der Waals surface area contributed by atoms with Crippen molar-refractivity contribution >= 4 is 5.78 Å². The van der Waals surface area contributed by atoms with Crippen molar-refractivity contribution in [2.45, 2.75) is 63.9 Å². The molecule has 5 rings (SSSR count). The van der Waals surface area contributed by atoms with Crippen molar-refractivity contribution in [1.29, 1.82) is 0 Å². The average Bonchev–Trinajstić information content (AvgIpc) is 3.06. The second-order valence-electron chi connectivity index (χ2n) is 9.71. The van der Waals surface area contributed by atoms with E-state index in [1.54, 1.807) is 0 Å². The molecule has 0 aromatic heterocycles. The van der Waals surface area contributed by atoms with Crippen molar-refractivity contribution in [3.8, 4) is 18.1 Å². The number of fused-ring (bicyclic) bond motifs is 4. The monoisotopic (exact) mass is 402 g/mol. The number of ether oxygens (including phenoxy) is 1. The van der Waals surface area contributed by atoms with E-state index in [2.05, 4.69) is 25.0 Å². The first-order valence-corrected chi connectivity index (χ1v) is 11.3. The van der Waals surface area contributed by atoms with Gasteiger partial charge in [0, 0.05) is 17.9 Å². The predicted octanol–water partition coefficient (Wildman–Crippen LogP) is 4.96. The molecule has 0 bridgehead atoms. The van der Waals surface area contributed by atoms with Gasteiger partial charge < -0.3 is 9.84 Å². The fourth-order valence-electron chi connectivity index (χ4n) is 6.93. The molecule has 4 aliphatic carbocycles. The number of terminal acetylenes is 1. The van der Waals surface area contributed by atoms with Crippen LogP contribution in [0.25, 0.3) is 0 Å². The molecule has 30 heavy (non-hydrogen) atoms. The Bertz CT molecular complexity index is 978. The van der Waals surface area contributed by atoms with Crippen LogP contribution in [-0.2, 0) is 4.79 Å². The van der Waals surface area contributed by atoms with Gasteiger partial charge in [-0.1, -0.05) is 36.6 Å². The number of aliphatic hydroxyl groups is 1. The van der Waals surface area contributed by atoms with Crippen molar-refractivity contribution in [2.24, 2.45) is 17.3 Å². The van der Waals surface area contributed by atoms with Gasteiger partial charge in [0.15, 0.2) is 5.78 Å². The molecule has 3 nitrogen and oxygen atoms in total. The first kappa shape index (κ1) is 19.6. The van der Waals surface area contributed by atoms with Crippen LogP contribution in [-0.4, -0.2) is 23.6 Å². The molecule has 0 amide bonds. The maximum atomic E-state index is 12.1. The minimum Gasteiger partial charge on any atom is -0.481 e. The minimum atomic E-state index is -0.250. The summed E-state index contributed by atoms with van der Waals surface area (Å²) in [6.45, 7) is 2.55. The zero-order chi connectivity index (χ0) is 20.9. The summed E-state index contributed by atoms with van der Waals surface area (Å²) in [5, 5.41) is 11.0. The molecule has 5 atom stereocenters. The van der Waals surface area contributed by atoms with E-state index in [1.165, 1.54) is 22.3 Å². The number of hydrogen-bond donors (Lipinski definition) is 1. The molecule has 0 spiro atoms. The van der Waals surface area contributed by atoms with Gasteiger partial charge in [0.25, 0.3) is 0 Å². The van der Waals surface area contributed by atoms with Crippen molar-refractivity contribution in [1.82, 2.24) is 0 Å². The Labute approximate surface area is 179 Å². The lowest BCUT2D eigenvalue weighted by Gasteiger charge is -2.52. The third kappa shape index (κ3) is 2.96. The van der Waals surface area contributed by atoms with Gasteiger partial charge in [-0.2, -0.15) is 0 Å². The molecule has 1 aromatic carbocycles. The van der Waals surface area contributed by atoms with E-state index < -0.39 is 0 Å². The van der Waals surface area contributed by atoms with Crippen molar-refractivity contribution < 1.29 is 14.6 Å². The van der Waals surface area contributed by atoms with E-state index in [1.807, 2.05) is 18.2 Å². The number of allylic oxidation sites excluding steroid dienone is 4. The molecule has 0 saturated heterocycles. The zero-order valence-electron chi connectivity index (χ0n) is 17.7. The first-order valence-electron chi connectivity index (χ1n) is 11.3. The summed E-state index contributed by atoms with van der Waals surface area (Å²) in [5.41, 5.74) is 5.30. The maximum Gasteiger partial charge on any atom is 0.156 e. The van der Waals surface area contributed by atoms with E-state index in [0.29, 0.717) is 18.3 Å². The number of carbonyl (C=O) groups is 1. The van der Waals surface area contributed by atoms with Crippen LogP contribution in [0.2, 0.25) is 0 Å².